The highest BCUT2D eigenvalue weighted by atomic mass is 32.1. The maximum Gasteiger partial charge on any atom is 0.272 e. The number of pyridine rings is 1. The summed E-state index contributed by atoms with van der Waals surface area (Å²) < 4.78 is 0. The fraction of sp³-hybridized carbons (Fsp3) is 0.333. The molecule has 0 unspecified atom stereocenters. The van der Waals surface area contributed by atoms with Crippen LogP contribution < -0.4 is 10.6 Å². The zero-order valence-electron chi connectivity index (χ0n) is 12.8. The zero-order chi connectivity index (χ0) is 16.1. The molecule has 7 nitrogen and oxygen atoms in total. The van der Waals surface area contributed by atoms with Crippen LogP contribution in [0.5, 0.6) is 0 Å². The molecule has 3 aromatic rings. The third-order valence-corrected chi connectivity index (χ3v) is 4.07. The van der Waals surface area contributed by atoms with Crippen LogP contribution in [0, 0.1) is 0 Å². The van der Waals surface area contributed by atoms with Crippen LogP contribution in [0.1, 0.15) is 36.7 Å². The fourth-order valence-corrected chi connectivity index (χ4v) is 2.77. The second kappa shape index (κ2) is 7.19. The summed E-state index contributed by atoms with van der Waals surface area (Å²) in [6.07, 6.45) is 6.57. The summed E-state index contributed by atoms with van der Waals surface area (Å²) in [7, 11) is 0. The predicted molar refractivity (Wildman–Crippen MR) is 91.1 cm³/mol. The Balaban J connectivity index is 1.82. The van der Waals surface area contributed by atoms with Crippen molar-refractivity contribution in [3.63, 3.8) is 0 Å². The second-order valence-corrected chi connectivity index (χ2v) is 6.01. The minimum Gasteiger partial charge on any atom is -0.351 e. The van der Waals surface area contributed by atoms with Gasteiger partial charge in [0, 0.05) is 23.5 Å². The number of hydrogen-bond acceptors (Lipinski definition) is 6. The van der Waals surface area contributed by atoms with Gasteiger partial charge in [0.05, 0.1) is 11.7 Å². The highest BCUT2D eigenvalue weighted by molar-refractivity contribution is 7.13. The van der Waals surface area contributed by atoms with E-state index < -0.39 is 0 Å². The molecule has 8 heteroatoms. The maximum atomic E-state index is 12.4. The number of H-pyrrole nitrogens is 1. The quantitative estimate of drug-likeness (QED) is 0.579. The first-order valence-corrected chi connectivity index (χ1v) is 8.44. The lowest BCUT2D eigenvalue weighted by Crippen LogP contribution is -2.26. The van der Waals surface area contributed by atoms with Crippen LogP contribution >= 0.6 is 11.3 Å². The van der Waals surface area contributed by atoms with Crippen molar-refractivity contribution in [3.05, 3.63) is 29.5 Å². The molecule has 0 aromatic carbocycles. The fourth-order valence-electron chi connectivity index (χ4n) is 2.23. The van der Waals surface area contributed by atoms with Gasteiger partial charge in [0.2, 0.25) is 0 Å². The van der Waals surface area contributed by atoms with E-state index in [1.54, 1.807) is 12.4 Å². The van der Waals surface area contributed by atoms with Crippen LogP contribution in [0.3, 0.4) is 0 Å². The number of anilines is 2. The molecule has 0 radical (unpaired) electrons. The Morgan fingerprint density at radius 2 is 2.30 bits per heavy atom. The summed E-state index contributed by atoms with van der Waals surface area (Å²) in [5.74, 6) is 0.380. The number of hydrogen-bond donors (Lipinski definition) is 3. The normalized spacial score (nSPS) is 10.8. The number of carbonyl (C=O) groups excluding carboxylic acids is 1. The minimum atomic E-state index is -0.196. The first kappa shape index (κ1) is 15.4. The number of amides is 1. The third kappa shape index (κ3) is 3.65. The maximum absolute atomic E-state index is 12.4. The standard InChI is InChI=1S/C15H18N6OS/c1-2-3-4-5-16-14(22)13-12-10(9-18-21-12)8-11(19-13)20-15-17-6-7-23-15/h6-9H,2-5H2,1H3,(H,16,22)(H,18,21)(H,17,19,20). The van der Waals surface area contributed by atoms with Gasteiger partial charge in [-0.15, -0.1) is 11.3 Å². The van der Waals surface area contributed by atoms with E-state index in [0.717, 1.165) is 29.8 Å². The summed E-state index contributed by atoms with van der Waals surface area (Å²) in [5, 5.41) is 16.3. The van der Waals surface area contributed by atoms with Gasteiger partial charge in [-0.3, -0.25) is 9.89 Å². The van der Waals surface area contributed by atoms with Crippen LogP contribution in [0.15, 0.2) is 23.8 Å². The smallest absolute Gasteiger partial charge is 0.272 e. The van der Waals surface area contributed by atoms with E-state index in [9.17, 15) is 4.79 Å². The minimum absolute atomic E-state index is 0.196. The Labute approximate surface area is 137 Å². The molecule has 3 heterocycles. The third-order valence-electron chi connectivity index (χ3n) is 3.38. The first-order chi connectivity index (χ1) is 11.3. The number of carbonyl (C=O) groups is 1. The van der Waals surface area contributed by atoms with E-state index in [1.165, 1.54) is 11.3 Å². The molecule has 3 N–H and O–H groups in total. The van der Waals surface area contributed by atoms with E-state index in [1.807, 2.05) is 11.4 Å². The van der Waals surface area contributed by atoms with Crippen molar-refractivity contribution in [2.45, 2.75) is 26.2 Å². The molecule has 0 aliphatic carbocycles. The molecule has 0 bridgehead atoms. The molecule has 0 aliphatic rings. The summed E-state index contributed by atoms with van der Waals surface area (Å²) in [4.78, 5) is 21.0. The van der Waals surface area contributed by atoms with E-state index in [4.69, 9.17) is 0 Å². The van der Waals surface area contributed by atoms with Crippen molar-refractivity contribution >= 4 is 39.1 Å². The number of nitrogens with one attached hydrogen (secondary N) is 3. The van der Waals surface area contributed by atoms with Gasteiger partial charge >= 0.3 is 0 Å². The Morgan fingerprint density at radius 3 is 3.09 bits per heavy atom. The molecular weight excluding hydrogens is 312 g/mol. The second-order valence-electron chi connectivity index (χ2n) is 5.12. The Morgan fingerprint density at radius 1 is 1.39 bits per heavy atom. The van der Waals surface area contributed by atoms with Crippen LogP contribution in [0.4, 0.5) is 10.9 Å². The van der Waals surface area contributed by atoms with Gasteiger partial charge in [-0.05, 0) is 12.5 Å². The van der Waals surface area contributed by atoms with Crippen molar-refractivity contribution in [2.24, 2.45) is 0 Å². The van der Waals surface area contributed by atoms with Gasteiger partial charge in [0.25, 0.3) is 5.91 Å². The lowest BCUT2D eigenvalue weighted by Gasteiger charge is -2.08. The van der Waals surface area contributed by atoms with Gasteiger partial charge < -0.3 is 10.6 Å². The van der Waals surface area contributed by atoms with Gasteiger partial charge in [-0.25, -0.2) is 9.97 Å². The lowest BCUT2D eigenvalue weighted by molar-refractivity contribution is 0.0949. The Kier molecular flexibility index (Phi) is 4.82. The Bertz CT molecular complexity index is 782. The van der Waals surface area contributed by atoms with Crippen LogP contribution in [-0.4, -0.2) is 32.6 Å². The Hall–Kier alpha value is -2.48. The molecule has 3 rings (SSSR count). The van der Waals surface area contributed by atoms with Crippen molar-refractivity contribution in [1.82, 2.24) is 25.5 Å². The summed E-state index contributed by atoms with van der Waals surface area (Å²) in [5.41, 5.74) is 0.984. The van der Waals surface area contributed by atoms with Gasteiger partial charge in [0.15, 0.2) is 10.8 Å². The number of nitrogens with zero attached hydrogens (tertiary/aromatic N) is 3. The van der Waals surface area contributed by atoms with Crippen molar-refractivity contribution < 1.29 is 4.79 Å². The van der Waals surface area contributed by atoms with Crippen LogP contribution in [0.2, 0.25) is 0 Å². The molecule has 0 saturated carbocycles. The average molecular weight is 330 g/mol. The topological polar surface area (TPSA) is 95.6 Å². The lowest BCUT2D eigenvalue weighted by atomic mass is 10.2. The summed E-state index contributed by atoms with van der Waals surface area (Å²) in [6.45, 7) is 2.78. The number of thiazole rings is 1. The molecule has 0 atom stereocenters. The number of fused-ring (bicyclic) bond motifs is 1. The van der Waals surface area contributed by atoms with Crippen molar-refractivity contribution in [3.8, 4) is 0 Å². The number of aromatic amines is 1. The predicted octanol–water partition coefficient (Wildman–Crippen LogP) is 3.08. The molecule has 0 saturated heterocycles. The molecule has 3 aromatic heterocycles. The summed E-state index contributed by atoms with van der Waals surface area (Å²) >= 11 is 1.47. The number of unbranched alkanes of at least 4 members (excludes halogenated alkanes) is 2. The van der Waals surface area contributed by atoms with E-state index in [2.05, 4.69) is 37.7 Å². The largest absolute Gasteiger partial charge is 0.351 e. The highest BCUT2D eigenvalue weighted by Crippen LogP contribution is 2.22. The van der Waals surface area contributed by atoms with Gasteiger partial charge in [-0.1, -0.05) is 19.8 Å². The molecule has 120 valence electrons. The van der Waals surface area contributed by atoms with Crippen molar-refractivity contribution in [1.29, 1.82) is 0 Å². The number of rotatable bonds is 7. The highest BCUT2D eigenvalue weighted by Gasteiger charge is 2.15. The first-order valence-electron chi connectivity index (χ1n) is 7.56. The zero-order valence-corrected chi connectivity index (χ0v) is 13.6. The molecule has 0 aliphatic heterocycles. The van der Waals surface area contributed by atoms with Gasteiger partial charge in [-0.2, -0.15) is 5.10 Å². The average Bonchev–Trinajstić information content (AvgIpc) is 3.22. The number of aromatic nitrogens is 4. The van der Waals surface area contributed by atoms with E-state index in [-0.39, 0.29) is 5.91 Å². The molecule has 0 spiro atoms. The molecule has 23 heavy (non-hydrogen) atoms. The SMILES string of the molecule is CCCCCNC(=O)c1nc(Nc2nccs2)cc2cn[nH]c12. The van der Waals surface area contributed by atoms with E-state index in [0.29, 0.717) is 23.6 Å². The molecule has 0 fully saturated rings. The van der Waals surface area contributed by atoms with Crippen molar-refractivity contribution in [2.75, 3.05) is 11.9 Å². The van der Waals surface area contributed by atoms with E-state index >= 15 is 0 Å². The van der Waals surface area contributed by atoms with Gasteiger partial charge in [0.1, 0.15) is 5.82 Å². The molecular formula is C15H18N6OS. The summed E-state index contributed by atoms with van der Waals surface area (Å²) in [6, 6.07) is 1.84. The van der Waals surface area contributed by atoms with Crippen LogP contribution in [0.25, 0.3) is 10.9 Å². The van der Waals surface area contributed by atoms with Crippen LogP contribution in [-0.2, 0) is 0 Å². The monoisotopic (exact) mass is 330 g/mol. The molecule has 1 amide bonds.